The predicted molar refractivity (Wildman–Crippen MR) is 85.5 cm³/mol. The molecule has 5 heteroatoms. The van der Waals surface area contributed by atoms with E-state index in [-0.39, 0.29) is 18.4 Å². The van der Waals surface area contributed by atoms with E-state index >= 15 is 0 Å². The fourth-order valence-corrected chi connectivity index (χ4v) is 2.37. The lowest BCUT2D eigenvalue weighted by Gasteiger charge is -2.17. The second kappa shape index (κ2) is 7.27. The Morgan fingerprint density at radius 2 is 1.91 bits per heavy atom. The summed E-state index contributed by atoms with van der Waals surface area (Å²) in [5, 5.41) is 9.82. The van der Waals surface area contributed by atoms with Crippen LogP contribution in [0.15, 0.2) is 42.6 Å². The van der Waals surface area contributed by atoms with Crippen LogP contribution in [-0.4, -0.2) is 22.2 Å². The Balaban J connectivity index is 2.36. The van der Waals surface area contributed by atoms with Gasteiger partial charge < -0.3 is 9.84 Å². The molecule has 0 fully saturated rings. The first-order valence-electron chi connectivity index (χ1n) is 7.05. The van der Waals surface area contributed by atoms with Gasteiger partial charge in [-0.3, -0.25) is 4.79 Å². The maximum absolute atomic E-state index is 11.2. The van der Waals surface area contributed by atoms with Gasteiger partial charge in [-0.05, 0) is 43.2 Å². The maximum atomic E-state index is 11.2. The van der Waals surface area contributed by atoms with Crippen LogP contribution in [0, 0.1) is 0 Å². The van der Waals surface area contributed by atoms with Gasteiger partial charge in [0.25, 0.3) is 0 Å². The molecule has 0 aliphatic heterocycles. The van der Waals surface area contributed by atoms with Crippen LogP contribution in [0.1, 0.15) is 37.3 Å². The lowest BCUT2D eigenvalue weighted by Crippen LogP contribution is -2.10. The number of aliphatic carboxylic acids is 1. The molecule has 0 aliphatic carbocycles. The minimum atomic E-state index is -0.858. The van der Waals surface area contributed by atoms with E-state index < -0.39 is 5.97 Å². The lowest BCUT2D eigenvalue weighted by atomic mass is 9.89. The molecule has 0 spiro atoms. The van der Waals surface area contributed by atoms with Crippen molar-refractivity contribution in [1.82, 2.24) is 4.98 Å². The first kappa shape index (κ1) is 16.3. The number of pyridine rings is 1. The summed E-state index contributed by atoms with van der Waals surface area (Å²) in [6.45, 7) is 3.84. The van der Waals surface area contributed by atoms with Gasteiger partial charge in [-0.2, -0.15) is 0 Å². The average molecular weight is 320 g/mol. The lowest BCUT2D eigenvalue weighted by molar-refractivity contribution is -0.137. The van der Waals surface area contributed by atoms with Crippen LogP contribution < -0.4 is 4.74 Å². The van der Waals surface area contributed by atoms with Gasteiger partial charge in [0, 0.05) is 23.2 Å². The number of benzene rings is 1. The number of carboxylic acid groups (broad SMARTS) is 1. The molecule has 1 atom stereocenters. The number of halogens is 1. The highest BCUT2D eigenvalue weighted by atomic mass is 35.5. The fraction of sp³-hybridized carbons (Fsp3) is 0.294. The normalized spacial score (nSPS) is 12.2. The highest BCUT2D eigenvalue weighted by Gasteiger charge is 2.19. The molecule has 0 aliphatic rings. The molecule has 116 valence electrons. The molecular formula is C17H18ClNO3. The van der Waals surface area contributed by atoms with Crippen LogP contribution in [0.5, 0.6) is 5.88 Å². The predicted octanol–water partition coefficient (Wildman–Crippen LogP) is 4.13. The quantitative estimate of drug-likeness (QED) is 0.869. The number of ether oxygens (including phenoxy) is 1. The van der Waals surface area contributed by atoms with Crippen LogP contribution in [0.3, 0.4) is 0 Å². The zero-order valence-electron chi connectivity index (χ0n) is 12.5. The number of hydrogen-bond acceptors (Lipinski definition) is 3. The first-order chi connectivity index (χ1) is 10.5. The van der Waals surface area contributed by atoms with Crippen LogP contribution in [0.4, 0.5) is 0 Å². The Morgan fingerprint density at radius 3 is 2.50 bits per heavy atom. The smallest absolute Gasteiger partial charge is 0.304 e. The number of rotatable bonds is 6. The number of hydrogen-bond donors (Lipinski definition) is 1. The molecule has 2 aromatic rings. The summed E-state index contributed by atoms with van der Waals surface area (Å²) in [6.07, 6.45) is 1.64. The Kier molecular flexibility index (Phi) is 5.39. The largest absolute Gasteiger partial charge is 0.481 e. The molecule has 1 N–H and O–H groups in total. The number of aromatic nitrogens is 1. The van der Waals surface area contributed by atoms with Crippen molar-refractivity contribution >= 4 is 17.6 Å². The highest BCUT2D eigenvalue weighted by Crippen LogP contribution is 2.30. The summed E-state index contributed by atoms with van der Waals surface area (Å²) < 4.78 is 5.59. The summed E-state index contributed by atoms with van der Waals surface area (Å²) in [7, 11) is 0. The SMILES string of the molecule is CC(C)Oc1cc(C(CC(=O)O)c2ccc(Cl)cc2)ccn1. The van der Waals surface area contributed by atoms with Crippen molar-refractivity contribution in [2.75, 3.05) is 0 Å². The van der Waals surface area contributed by atoms with Crippen LogP contribution in [0.2, 0.25) is 5.02 Å². The van der Waals surface area contributed by atoms with Gasteiger partial charge in [0.2, 0.25) is 5.88 Å². The Morgan fingerprint density at radius 1 is 1.23 bits per heavy atom. The summed E-state index contributed by atoms with van der Waals surface area (Å²) in [4.78, 5) is 15.4. The summed E-state index contributed by atoms with van der Waals surface area (Å²) in [5.41, 5.74) is 1.75. The van der Waals surface area contributed by atoms with Crippen LogP contribution >= 0.6 is 11.6 Å². The van der Waals surface area contributed by atoms with Gasteiger partial charge in [0.05, 0.1) is 12.5 Å². The fourth-order valence-electron chi connectivity index (χ4n) is 2.25. The maximum Gasteiger partial charge on any atom is 0.304 e. The molecule has 1 aromatic heterocycles. The first-order valence-corrected chi connectivity index (χ1v) is 7.43. The van der Waals surface area contributed by atoms with E-state index in [4.69, 9.17) is 16.3 Å². The topological polar surface area (TPSA) is 59.4 Å². The number of carboxylic acids is 1. The van der Waals surface area contributed by atoms with Gasteiger partial charge in [-0.25, -0.2) is 4.98 Å². The zero-order valence-corrected chi connectivity index (χ0v) is 13.2. The molecule has 0 bridgehead atoms. The molecule has 0 radical (unpaired) electrons. The van der Waals surface area contributed by atoms with Crippen LogP contribution in [-0.2, 0) is 4.79 Å². The molecule has 1 aromatic carbocycles. The number of carbonyl (C=O) groups is 1. The second-order valence-corrected chi connectivity index (χ2v) is 5.73. The molecule has 4 nitrogen and oxygen atoms in total. The third kappa shape index (κ3) is 4.46. The van der Waals surface area contributed by atoms with E-state index in [0.717, 1.165) is 11.1 Å². The van der Waals surface area contributed by atoms with Gasteiger partial charge in [0.15, 0.2) is 0 Å². The molecule has 1 heterocycles. The van der Waals surface area contributed by atoms with Crippen molar-refractivity contribution in [2.24, 2.45) is 0 Å². The molecule has 22 heavy (non-hydrogen) atoms. The van der Waals surface area contributed by atoms with Crippen LogP contribution in [0.25, 0.3) is 0 Å². The van der Waals surface area contributed by atoms with E-state index in [1.165, 1.54) is 0 Å². The van der Waals surface area contributed by atoms with Gasteiger partial charge >= 0.3 is 5.97 Å². The molecular weight excluding hydrogens is 302 g/mol. The van der Waals surface area contributed by atoms with E-state index in [1.807, 2.05) is 32.0 Å². The Hall–Kier alpha value is -2.07. The highest BCUT2D eigenvalue weighted by molar-refractivity contribution is 6.30. The third-order valence-corrected chi connectivity index (χ3v) is 3.42. The zero-order chi connectivity index (χ0) is 16.1. The average Bonchev–Trinajstić information content (AvgIpc) is 2.45. The number of nitrogens with zero attached hydrogens (tertiary/aromatic N) is 1. The standard InChI is InChI=1S/C17H18ClNO3/c1-11(2)22-16-9-13(7-8-19-16)15(10-17(20)21)12-3-5-14(18)6-4-12/h3-9,11,15H,10H2,1-2H3,(H,20,21). The molecule has 0 saturated carbocycles. The summed E-state index contributed by atoms with van der Waals surface area (Å²) in [6, 6.07) is 10.8. The van der Waals surface area contributed by atoms with E-state index in [0.29, 0.717) is 10.9 Å². The Bertz CT molecular complexity index is 641. The van der Waals surface area contributed by atoms with Gasteiger partial charge in [-0.1, -0.05) is 23.7 Å². The van der Waals surface area contributed by atoms with E-state index in [1.54, 1.807) is 24.4 Å². The molecule has 1 unspecified atom stereocenters. The molecule has 0 saturated heterocycles. The second-order valence-electron chi connectivity index (χ2n) is 5.30. The summed E-state index contributed by atoms with van der Waals surface area (Å²) in [5.74, 6) is -0.632. The van der Waals surface area contributed by atoms with Crippen molar-refractivity contribution < 1.29 is 14.6 Å². The van der Waals surface area contributed by atoms with Crippen molar-refractivity contribution in [3.63, 3.8) is 0 Å². The van der Waals surface area contributed by atoms with Gasteiger partial charge in [-0.15, -0.1) is 0 Å². The minimum absolute atomic E-state index is 0.00718. The third-order valence-electron chi connectivity index (χ3n) is 3.17. The van der Waals surface area contributed by atoms with Crippen molar-refractivity contribution in [3.8, 4) is 5.88 Å². The molecule has 2 rings (SSSR count). The van der Waals surface area contributed by atoms with Crippen molar-refractivity contribution in [1.29, 1.82) is 0 Å². The van der Waals surface area contributed by atoms with Crippen molar-refractivity contribution in [3.05, 3.63) is 58.7 Å². The molecule has 0 amide bonds. The summed E-state index contributed by atoms with van der Waals surface area (Å²) >= 11 is 5.90. The monoisotopic (exact) mass is 319 g/mol. The van der Waals surface area contributed by atoms with E-state index in [9.17, 15) is 9.90 Å². The van der Waals surface area contributed by atoms with Crippen molar-refractivity contribution in [2.45, 2.75) is 32.3 Å². The van der Waals surface area contributed by atoms with Gasteiger partial charge in [0.1, 0.15) is 0 Å². The Labute approximate surface area is 134 Å². The minimum Gasteiger partial charge on any atom is -0.481 e. The van der Waals surface area contributed by atoms with E-state index in [2.05, 4.69) is 4.98 Å².